The predicted molar refractivity (Wildman–Crippen MR) is 52.6 cm³/mol. The van der Waals surface area contributed by atoms with E-state index in [0.717, 1.165) is 26.1 Å². The van der Waals surface area contributed by atoms with E-state index in [-0.39, 0.29) is 5.72 Å². The van der Waals surface area contributed by atoms with Crippen molar-refractivity contribution in [1.29, 1.82) is 0 Å². The van der Waals surface area contributed by atoms with Crippen molar-refractivity contribution in [3.63, 3.8) is 0 Å². The highest BCUT2D eigenvalue weighted by Gasteiger charge is 2.38. The molecule has 1 spiro atoms. The molecule has 3 nitrogen and oxygen atoms in total. The number of ether oxygens (including phenoxy) is 1. The van der Waals surface area contributed by atoms with Gasteiger partial charge in [0.2, 0.25) is 0 Å². The van der Waals surface area contributed by atoms with E-state index >= 15 is 0 Å². The summed E-state index contributed by atoms with van der Waals surface area (Å²) in [4.78, 5) is 0. The van der Waals surface area contributed by atoms with Crippen molar-refractivity contribution >= 4 is 0 Å². The molecule has 2 N–H and O–H groups in total. The molecule has 2 unspecified atom stereocenters. The first-order valence-corrected chi connectivity index (χ1v) is 5.47. The minimum Gasteiger partial charge on any atom is -0.359 e. The van der Waals surface area contributed by atoms with Gasteiger partial charge in [0.05, 0.1) is 6.61 Å². The van der Waals surface area contributed by atoms with Crippen LogP contribution in [0.3, 0.4) is 0 Å². The maximum absolute atomic E-state index is 5.83. The zero-order valence-electron chi connectivity index (χ0n) is 8.44. The summed E-state index contributed by atoms with van der Waals surface area (Å²) in [6, 6.07) is 0.679. The molecular weight excluding hydrogens is 164 g/mol. The van der Waals surface area contributed by atoms with Gasteiger partial charge in [-0.2, -0.15) is 0 Å². The Hall–Kier alpha value is -0.120. The second kappa shape index (κ2) is 3.95. The molecule has 2 rings (SSSR count). The second-order valence-corrected chi connectivity index (χ2v) is 4.19. The second-order valence-electron chi connectivity index (χ2n) is 4.19. The van der Waals surface area contributed by atoms with E-state index in [1.807, 2.05) is 0 Å². The van der Waals surface area contributed by atoms with Gasteiger partial charge >= 0.3 is 0 Å². The number of hydrogen-bond donors (Lipinski definition) is 2. The Bertz CT molecular complexity index is 164. The molecular formula is C10H20N2O. The van der Waals surface area contributed by atoms with Gasteiger partial charge in [0.25, 0.3) is 0 Å². The lowest BCUT2D eigenvalue weighted by Gasteiger charge is -2.39. The smallest absolute Gasteiger partial charge is 0.133 e. The topological polar surface area (TPSA) is 33.3 Å². The van der Waals surface area contributed by atoms with Crippen LogP contribution in [0.5, 0.6) is 0 Å². The highest BCUT2D eigenvalue weighted by atomic mass is 16.5. The molecule has 76 valence electrons. The Kier molecular flexibility index (Phi) is 2.86. The monoisotopic (exact) mass is 184 g/mol. The first-order chi connectivity index (χ1) is 6.35. The van der Waals surface area contributed by atoms with Crippen LogP contribution in [0.4, 0.5) is 0 Å². The molecule has 3 heteroatoms. The number of nitrogens with one attached hydrogen (secondary N) is 2. The lowest BCUT2D eigenvalue weighted by atomic mass is 10.0. The SMILES string of the molecule is CCCC1CCOC2(CCNC2)N1. The van der Waals surface area contributed by atoms with Crippen LogP contribution in [0.2, 0.25) is 0 Å². The molecule has 13 heavy (non-hydrogen) atoms. The van der Waals surface area contributed by atoms with Gasteiger partial charge in [-0.05, 0) is 19.4 Å². The van der Waals surface area contributed by atoms with E-state index in [4.69, 9.17) is 4.74 Å². The zero-order valence-corrected chi connectivity index (χ0v) is 8.44. The maximum atomic E-state index is 5.83. The quantitative estimate of drug-likeness (QED) is 0.667. The summed E-state index contributed by atoms with van der Waals surface area (Å²) >= 11 is 0. The van der Waals surface area contributed by atoms with Crippen molar-refractivity contribution < 1.29 is 4.74 Å². The summed E-state index contributed by atoms with van der Waals surface area (Å²) in [5.74, 6) is 0. The van der Waals surface area contributed by atoms with Crippen LogP contribution < -0.4 is 10.6 Å². The summed E-state index contributed by atoms with van der Waals surface area (Å²) < 4.78 is 5.83. The molecule has 2 atom stereocenters. The average Bonchev–Trinajstić information content (AvgIpc) is 2.54. The molecule has 2 aliphatic rings. The fourth-order valence-electron chi connectivity index (χ4n) is 2.36. The van der Waals surface area contributed by atoms with Gasteiger partial charge in [-0.15, -0.1) is 0 Å². The average molecular weight is 184 g/mol. The lowest BCUT2D eigenvalue weighted by Crippen LogP contribution is -2.57. The molecule has 0 aliphatic carbocycles. The van der Waals surface area contributed by atoms with Crippen LogP contribution in [-0.4, -0.2) is 31.5 Å². The molecule has 0 radical (unpaired) electrons. The molecule has 0 aromatic carbocycles. The summed E-state index contributed by atoms with van der Waals surface area (Å²) in [6.45, 7) is 5.25. The van der Waals surface area contributed by atoms with E-state index in [2.05, 4.69) is 17.6 Å². The highest BCUT2D eigenvalue weighted by Crippen LogP contribution is 2.23. The van der Waals surface area contributed by atoms with Crippen molar-refractivity contribution in [2.75, 3.05) is 19.7 Å². The Labute approximate surface area is 80.2 Å². The fourth-order valence-corrected chi connectivity index (χ4v) is 2.36. The highest BCUT2D eigenvalue weighted by molar-refractivity contribution is 4.92. The van der Waals surface area contributed by atoms with E-state index in [1.165, 1.54) is 19.3 Å². The lowest BCUT2D eigenvalue weighted by molar-refractivity contribution is -0.0969. The van der Waals surface area contributed by atoms with Gasteiger partial charge in [-0.25, -0.2) is 0 Å². The van der Waals surface area contributed by atoms with Crippen molar-refractivity contribution in [3.8, 4) is 0 Å². The van der Waals surface area contributed by atoms with Crippen LogP contribution >= 0.6 is 0 Å². The maximum Gasteiger partial charge on any atom is 0.133 e. The molecule has 2 fully saturated rings. The summed E-state index contributed by atoms with van der Waals surface area (Å²) in [7, 11) is 0. The minimum atomic E-state index is -0.0158. The molecule has 0 bridgehead atoms. The van der Waals surface area contributed by atoms with Crippen LogP contribution in [-0.2, 0) is 4.74 Å². The van der Waals surface area contributed by atoms with Crippen LogP contribution in [0.1, 0.15) is 32.6 Å². The van der Waals surface area contributed by atoms with Crippen LogP contribution in [0.25, 0.3) is 0 Å². The third-order valence-corrected chi connectivity index (χ3v) is 3.07. The predicted octanol–water partition coefficient (Wildman–Crippen LogP) is 0.855. The van der Waals surface area contributed by atoms with E-state index in [1.54, 1.807) is 0 Å². The fraction of sp³-hybridized carbons (Fsp3) is 1.00. The Balaban J connectivity index is 1.90. The van der Waals surface area contributed by atoms with Gasteiger partial charge in [0.15, 0.2) is 0 Å². The molecule has 2 heterocycles. The number of rotatable bonds is 2. The Morgan fingerprint density at radius 3 is 3.15 bits per heavy atom. The third kappa shape index (κ3) is 2.03. The van der Waals surface area contributed by atoms with Crippen molar-refractivity contribution in [2.24, 2.45) is 0 Å². The van der Waals surface area contributed by atoms with Crippen LogP contribution in [0.15, 0.2) is 0 Å². The van der Waals surface area contributed by atoms with Gasteiger partial charge in [-0.1, -0.05) is 13.3 Å². The largest absolute Gasteiger partial charge is 0.359 e. The third-order valence-electron chi connectivity index (χ3n) is 3.07. The first-order valence-electron chi connectivity index (χ1n) is 5.47. The van der Waals surface area contributed by atoms with Crippen molar-refractivity contribution in [1.82, 2.24) is 10.6 Å². The van der Waals surface area contributed by atoms with Crippen LogP contribution in [0, 0.1) is 0 Å². The van der Waals surface area contributed by atoms with E-state index in [0.29, 0.717) is 6.04 Å². The van der Waals surface area contributed by atoms with Gasteiger partial charge in [0.1, 0.15) is 5.72 Å². The Morgan fingerprint density at radius 1 is 1.54 bits per heavy atom. The van der Waals surface area contributed by atoms with E-state index in [9.17, 15) is 0 Å². The minimum absolute atomic E-state index is 0.0158. The zero-order chi connectivity index (χ0) is 9.15. The van der Waals surface area contributed by atoms with Gasteiger partial charge < -0.3 is 10.1 Å². The normalized spacial score (nSPS) is 39.9. The van der Waals surface area contributed by atoms with Crippen molar-refractivity contribution in [2.45, 2.75) is 44.4 Å². The molecule has 0 saturated carbocycles. The molecule has 2 aliphatic heterocycles. The van der Waals surface area contributed by atoms with Gasteiger partial charge in [0, 0.05) is 19.0 Å². The standard InChI is InChI=1S/C10H20N2O/c1-2-3-9-4-7-13-10(12-9)5-6-11-8-10/h9,11-12H,2-8H2,1H3. The van der Waals surface area contributed by atoms with Crippen molar-refractivity contribution in [3.05, 3.63) is 0 Å². The van der Waals surface area contributed by atoms with E-state index < -0.39 is 0 Å². The molecule has 0 amide bonds. The Morgan fingerprint density at radius 2 is 2.46 bits per heavy atom. The molecule has 0 aromatic heterocycles. The summed E-state index contributed by atoms with van der Waals surface area (Å²) in [6.07, 6.45) is 4.84. The number of hydrogen-bond acceptors (Lipinski definition) is 3. The summed E-state index contributed by atoms with van der Waals surface area (Å²) in [5.41, 5.74) is -0.0158. The first kappa shape index (κ1) is 9.44. The van der Waals surface area contributed by atoms with Gasteiger partial charge in [-0.3, -0.25) is 5.32 Å². The molecule has 0 aromatic rings. The molecule has 2 saturated heterocycles. The summed E-state index contributed by atoms with van der Waals surface area (Å²) in [5, 5.41) is 7.00.